The predicted octanol–water partition coefficient (Wildman–Crippen LogP) is 2.20. The number of ether oxygens (including phenoxy) is 1. The van der Waals surface area contributed by atoms with Crippen LogP contribution < -0.4 is 5.32 Å². The highest BCUT2D eigenvalue weighted by atomic mass is 16.5. The normalized spacial score (nSPS) is 12.3. The third-order valence-corrected chi connectivity index (χ3v) is 2.94. The van der Waals surface area contributed by atoms with E-state index in [1.165, 1.54) is 5.56 Å². The molecule has 0 heterocycles. The molecule has 0 saturated carbocycles. The number of hydrogen-bond donors (Lipinski definition) is 1. The second-order valence-corrected chi connectivity index (χ2v) is 4.51. The van der Waals surface area contributed by atoms with Crippen LogP contribution in [0.1, 0.15) is 25.3 Å². The number of carbonyl (C=O) groups excluding carboxylic acids is 1. The zero-order valence-corrected chi connectivity index (χ0v) is 11.3. The summed E-state index contributed by atoms with van der Waals surface area (Å²) >= 11 is 0. The lowest BCUT2D eigenvalue weighted by Gasteiger charge is -2.15. The van der Waals surface area contributed by atoms with Crippen LogP contribution in [0.2, 0.25) is 0 Å². The molecule has 0 radical (unpaired) electrons. The monoisotopic (exact) mass is 249 g/mol. The van der Waals surface area contributed by atoms with Crippen LogP contribution in [0.4, 0.5) is 0 Å². The molecule has 0 fully saturated rings. The van der Waals surface area contributed by atoms with Gasteiger partial charge in [0.15, 0.2) is 0 Å². The smallest absolute Gasteiger partial charge is 0.147 e. The molecular weight excluding hydrogens is 226 g/mol. The summed E-state index contributed by atoms with van der Waals surface area (Å²) in [5, 5.41) is 3.32. The maximum atomic E-state index is 11.6. The number of unbranched alkanes of at least 4 members (excludes halogenated alkanes) is 1. The third-order valence-electron chi connectivity index (χ3n) is 2.94. The minimum atomic E-state index is -0.0741. The molecule has 0 aromatic heterocycles. The minimum Gasteiger partial charge on any atom is -0.385 e. The Kier molecular flexibility index (Phi) is 7.30. The summed E-state index contributed by atoms with van der Waals surface area (Å²) in [6.07, 6.45) is 2.83. The van der Waals surface area contributed by atoms with E-state index in [1.807, 2.05) is 18.2 Å². The standard InChI is InChI=1S/C15H23NO2/c1-13(17)15(16-10-6-7-11-18-2)12-14-8-4-3-5-9-14/h3-5,8-9,15-16H,6-7,10-12H2,1-2H3. The molecule has 0 aliphatic carbocycles. The van der Waals surface area contributed by atoms with Crippen molar-refractivity contribution in [3.63, 3.8) is 0 Å². The summed E-state index contributed by atoms with van der Waals surface area (Å²) < 4.78 is 5.00. The van der Waals surface area contributed by atoms with Crippen molar-refractivity contribution in [1.29, 1.82) is 0 Å². The van der Waals surface area contributed by atoms with Crippen LogP contribution in [0.3, 0.4) is 0 Å². The third kappa shape index (κ3) is 5.94. The lowest BCUT2D eigenvalue weighted by atomic mass is 10.0. The summed E-state index contributed by atoms with van der Waals surface area (Å²) in [4.78, 5) is 11.6. The second-order valence-electron chi connectivity index (χ2n) is 4.51. The Labute approximate surface area is 110 Å². The summed E-state index contributed by atoms with van der Waals surface area (Å²) in [6.45, 7) is 3.29. The highest BCUT2D eigenvalue weighted by molar-refractivity contribution is 5.81. The van der Waals surface area contributed by atoms with Crippen LogP contribution in [0.5, 0.6) is 0 Å². The van der Waals surface area contributed by atoms with Gasteiger partial charge < -0.3 is 10.1 Å². The number of carbonyl (C=O) groups is 1. The first-order valence-electron chi connectivity index (χ1n) is 6.50. The Hall–Kier alpha value is -1.19. The van der Waals surface area contributed by atoms with Gasteiger partial charge in [-0.2, -0.15) is 0 Å². The molecule has 0 amide bonds. The average molecular weight is 249 g/mol. The second kappa shape index (κ2) is 8.84. The Morgan fingerprint density at radius 1 is 1.28 bits per heavy atom. The molecule has 0 spiro atoms. The SMILES string of the molecule is COCCCCNC(Cc1ccccc1)C(C)=O. The van der Waals surface area contributed by atoms with Crippen LogP contribution in [-0.4, -0.2) is 32.1 Å². The Morgan fingerprint density at radius 3 is 2.61 bits per heavy atom. The number of methoxy groups -OCH3 is 1. The number of hydrogen-bond acceptors (Lipinski definition) is 3. The molecule has 1 atom stereocenters. The van der Waals surface area contributed by atoms with Gasteiger partial charge in [0, 0.05) is 13.7 Å². The van der Waals surface area contributed by atoms with E-state index in [0.717, 1.165) is 32.4 Å². The van der Waals surface area contributed by atoms with E-state index >= 15 is 0 Å². The minimum absolute atomic E-state index is 0.0741. The van der Waals surface area contributed by atoms with E-state index in [-0.39, 0.29) is 11.8 Å². The number of Topliss-reactive ketones (excluding diaryl/α,β-unsaturated/α-hetero) is 1. The maximum Gasteiger partial charge on any atom is 0.147 e. The van der Waals surface area contributed by atoms with Gasteiger partial charge >= 0.3 is 0 Å². The van der Waals surface area contributed by atoms with Gasteiger partial charge in [-0.1, -0.05) is 30.3 Å². The first kappa shape index (κ1) is 14.9. The molecule has 0 saturated heterocycles. The van der Waals surface area contributed by atoms with E-state index < -0.39 is 0 Å². The summed E-state index contributed by atoms with van der Waals surface area (Å²) in [6, 6.07) is 10.0. The van der Waals surface area contributed by atoms with Crippen molar-refractivity contribution in [3.8, 4) is 0 Å². The fourth-order valence-electron chi connectivity index (χ4n) is 1.86. The molecule has 3 nitrogen and oxygen atoms in total. The molecule has 100 valence electrons. The van der Waals surface area contributed by atoms with E-state index in [4.69, 9.17) is 4.74 Å². The van der Waals surface area contributed by atoms with Crippen LogP contribution >= 0.6 is 0 Å². The van der Waals surface area contributed by atoms with E-state index in [9.17, 15) is 4.79 Å². The van der Waals surface area contributed by atoms with Crippen LogP contribution in [0.25, 0.3) is 0 Å². The molecule has 1 N–H and O–H groups in total. The first-order valence-corrected chi connectivity index (χ1v) is 6.50. The van der Waals surface area contributed by atoms with Gasteiger partial charge in [0.1, 0.15) is 5.78 Å². The van der Waals surface area contributed by atoms with Gasteiger partial charge in [-0.3, -0.25) is 4.79 Å². The van der Waals surface area contributed by atoms with Crippen LogP contribution in [-0.2, 0) is 16.0 Å². The molecular formula is C15H23NO2. The molecule has 18 heavy (non-hydrogen) atoms. The first-order chi connectivity index (χ1) is 8.74. The number of rotatable bonds is 9. The molecule has 0 bridgehead atoms. The van der Waals surface area contributed by atoms with Gasteiger partial charge in [0.05, 0.1) is 6.04 Å². The lowest BCUT2D eigenvalue weighted by molar-refractivity contribution is -0.118. The fourth-order valence-corrected chi connectivity index (χ4v) is 1.86. The molecule has 1 rings (SSSR count). The zero-order chi connectivity index (χ0) is 13.2. The quantitative estimate of drug-likeness (QED) is 0.682. The highest BCUT2D eigenvalue weighted by Crippen LogP contribution is 2.04. The van der Waals surface area contributed by atoms with Gasteiger partial charge in [0.25, 0.3) is 0 Å². The van der Waals surface area contributed by atoms with Gasteiger partial charge in [-0.15, -0.1) is 0 Å². The largest absolute Gasteiger partial charge is 0.385 e. The Balaban J connectivity index is 2.34. The van der Waals surface area contributed by atoms with Crippen molar-refractivity contribution in [2.75, 3.05) is 20.3 Å². The maximum absolute atomic E-state index is 11.6. The topological polar surface area (TPSA) is 38.3 Å². The predicted molar refractivity (Wildman–Crippen MR) is 73.7 cm³/mol. The number of nitrogens with one attached hydrogen (secondary N) is 1. The van der Waals surface area contributed by atoms with Gasteiger partial charge in [0.2, 0.25) is 0 Å². The zero-order valence-electron chi connectivity index (χ0n) is 11.3. The fraction of sp³-hybridized carbons (Fsp3) is 0.533. The van der Waals surface area contributed by atoms with Crippen molar-refractivity contribution in [2.45, 2.75) is 32.2 Å². The van der Waals surface area contributed by atoms with Gasteiger partial charge in [-0.05, 0) is 38.3 Å². The van der Waals surface area contributed by atoms with Crippen molar-refractivity contribution in [3.05, 3.63) is 35.9 Å². The number of benzene rings is 1. The van der Waals surface area contributed by atoms with E-state index in [2.05, 4.69) is 17.4 Å². The summed E-state index contributed by atoms with van der Waals surface area (Å²) in [5.41, 5.74) is 1.20. The van der Waals surface area contributed by atoms with E-state index in [0.29, 0.717) is 0 Å². The van der Waals surface area contributed by atoms with Crippen molar-refractivity contribution in [1.82, 2.24) is 5.32 Å². The van der Waals surface area contributed by atoms with Gasteiger partial charge in [-0.25, -0.2) is 0 Å². The van der Waals surface area contributed by atoms with Crippen LogP contribution in [0, 0.1) is 0 Å². The summed E-state index contributed by atoms with van der Waals surface area (Å²) in [5.74, 6) is 0.200. The Morgan fingerprint density at radius 2 is 2.00 bits per heavy atom. The summed E-state index contributed by atoms with van der Waals surface area (Å²) in [7, 11) is 1.71. The number of ketones is 1. The molecule has 1 aromatic carbocycles. The molecule has 1 unspecified atom stereocenters. The van der Waals surface area contributed by atoms with Crippen molar-refractivity contribution in [2.24, 2.45) is 0 Å². The highest BCUT2D eigenvalue weighted by Gasteiger charge is 2.13. The Bertz CT molecular complexity index is 338. The molecule has 1 aromatic rings. The molecule has 3 heteroatoms. The van der Waals surface area contributed by atoms with Crippen molar-refractivity contribution >= 4 is 5.78 Å². The average Bonchev–Trinajstić information content (AvgIpc) is 2.38. The molecule has 0 aliphatic heterocycles. The lowest BCUT2D eigenvalue weighted by Crippen LogP contribution is -2.37. The van der Waals surface area contributed by atoms with Crippen LogP contribution in [0.15, 0.2) is 30.3 Å². The van der Waals surface area contributed by atoms with E-state index in [1.54, 1.807) is 14.0 Å². The molecule has 0 aliphatic rings. The van der Waals surface area contributed by atoms with Crippen molar-refractivity contribution < 1.29 is 9.53 Å².